The Morgan fingerprint density at radius 1 is 0.577 bits per heavy atom. The Hall–Kier alpha value is -2.94. The lowest BCUT2D eigenvalue weighted by Gasteiger charge is -2.09. The van der Waals surface area contributed by atoms with Crippen molar-refractivity contribution in [2.45, 2.75) is 19.4 Å². The van der Waals surface area contributed by atoms with Crippen molar-refractivity contribution >= 4 is 5.69 Å². The molecule has 0 fully saturated rings. The summed E-state index contributed by atoms with van der Waals surface area (Å²) in [6, 6.07) is 25.1. The first-order valence-corrected chi connectivity index (χ1v) is 8.85. The van der Waals surface area contributed by atoms with Gasteiger partial charge in [0.05, 0.1) is 14.2 Å². The van der Waals surface area contributed by atoms with Crippen LogP contribution in [0.5, 0.6) is 11.5 Å². The molecule has 0 aliphatic heterocycles. The molecule has 0 unspecified atom stereocenters. The van der Waals surface area contributed by atoms with Gasteiger partial charge >= 0.3 is 0 Å². The normalized spacial score (nSPS) is 10.4. The van der Waals surface area contributed by atoms with Crippen molar-refractivity contribution in [1.29, 1.82) is 0 Å². The van der Waals surface area contributed by atoms with Gasteiger partial charge in [0.15, 0.2) is 0 Å². The molecule has 26 heavy (non-hydrogen) atoms. The summed E-state index contributed by atoms with van der Waals surface area (Å²) in [5.41, 5.74) is 5.05. The number of hydrogen-bond acceptors (Lipinski definition) is 3. The summed E-state index contributed by atoms with van der Waals surface area (Å²) in [6.45, 7) is 0.811. The van der Waals surface area contributed by atoms with E-state index in [1.807, 2.05) is 36.4 Å². The van der Waals surface area contributed by atoms with Crippen molar-refractivity contribution in [3.63, 3.8) is 0 Å². The fraction of sp³-hybridized carbons (Fsp3) is 0.217. The number of hydrogen-bond donors (Lipinski definition) is 1. The molecule has 0 heterocycles. The van der Waals surface area contributed by atoms with Crippen LogP contribution < -0.4 is 14.8 Å². The molecule has 0 aliphatic carbocycles. The molecule has 3 heteroatoms. The van der Waals surface area contributed by atoms with Crippen LogP contribution in [0.25, 0.3) is 0 Å². The number of rotatable bonds is 8. The Kier molecular flexibility index (Phi) is 6.15. The largest absolute Gasteiger partial charge is 0.497 e. The molecule has 0 aliphatic rings. The zero-order chi connectivity index (χ0) is 18.2. The number of ether oxygens (including phenoxy) is 2. The summed E-state index contributed by atoms with van der Waals surface area (Å²) in [7, 11) is 3.37. The van der Waals surface area contributed by atoms with Gasteiger partial charge in [0.1, 0.15) is 11.5 Å². The third kappa shape index (κ3) is 5.03. The number of methoxy groups -OCH3 is 2. The molecule has 0 spiro atoms. The van der Waals surface area contributed by atoms with Crippen molar-refractivity contribution in [1.82, 2.24) is 0 Å². The summed E-state index contributed by atoms with van der Waals surface area (Å²) >= 11 is 0. The maximum atomic E-state index is 5.20. The summed E-state index contributed by atoms with van der Waals surface area (Å²) in [4.78, 5) is 0. The van der Waals surface area contributed by atoms with Gasteiger partial charge in [-0.05, 0) is 65.9 Å². The van der Waals surface area contributed by atoms with Crippen LogP contribution in [0.4, 0.5) is 5.69 Å². The minimum atomic E-state index is 0.811. The van der Waals surface area contributed by atoms with Crippen LogP contribution in [-0.2, 0) is 19.4 Å². The highest BCUT2D eigenvalue weighted by atomic mass is 16.5. The third-order valence-corrected chi connectivity index (χ3v) is 4.47. The molecule has 3 rings (SSSR count). The number of aryl methyl sites for hydroxylation is 2. The van der Waals surface area contributed by atoms with E-state index in [9.17, 15) is 0 Å². The summed E-state index contributed by atoms with van der Waals surface area (Å²) in [5.74, 6) is 1.78. The monoisotopic (exact) mass is 347 g/mol. The Morgan fingerprint density at radius 3 is 1.50 bits per heavy atom. The van der Waals surface area contributed by atoms with E-state index in [2.05, 4.69) is 41.7 Å². The minimum absolute atomic E-state index is 0.811. The van der Waals surface area contributed by atoms with Gasteiger partial charge in [0.25, 0.3) is 0 Å². The van der Waals surface area contributed by atoms with Crippen LogP contribution >= 0.6 is 0 Å². The molecule has 0 saturated heterocycles. The van der Waals surface area contributed by atoms with Crippen LogP contribution in [0.15, 0.2) is 72.8 Å². The predicted octanol–water partition coefficient (Wildman–Crippen LogP) is 5.10. The molecule has 0 bridgehead atoms. The van der Waals surface area contributed by atoms with Crippen molar-refractivity contribution in [3.8, 4) is 11.5 Å². The average molecular weight is 347 g/mol. The van der Waals surface area contributed by atoms with E-state index in [1.165, 1.54) is 16.7 Å². The van der Waals surface area contributed by atoms with Gasteiger partial charge in [-0.3, -0.25) is 0 Å². The van der Waals surface area contributed by atoms with Crippen molar-refractivity contribution in [3.05, 3.63) is 89.5 Å². The zero-order valence-electron chi connectivity index (χ0n) is 15.4. The minimum Gasteiger partial charge on any atom is -0.497 e. The topological polar surface area (TPSA) is 30.5 Å². The highest BCUT2D eigenvalue weighted by molar-refractivity contribution is 5.46. The quantitative estimate of drug-likeness (QED) is 0.615. The predicted molar refractivity (Wildman–Crippen MR) is 107 cm³/mol. The Balaban J connectivity index is 1.49. The number of anilines is 1. The number of benzene rings is 3. The fourth-order valence-corrected chi connectivity index (χ4v) is 2.82. The molecule has 3 aromatic carbocycles. The second-order valence-electron chi connectivity index (χ2n) is 6.25. The van der Waals surface area contributed by atoms with E-state index in [-0.39, 0.29) is 0 Å². The molecular weight excluding hydrogens is 322 g/mol. The molecule has 0 aromatic heterocycles. The third-order valence-electron chi connectivity index (χ3n) is 4.47. The van der Waals surface area contributed by atoms with E-state index >= 15 is 0 Å². The highest BCUT2D eigenvalue weighted by Crippen LogP contribution is 2.17. The molecule has 134 valence electrons. The SMILES string of the molecule is COc1ccc(CCc2ccc(CNc3ccc(OC)cc3)cc2)cc1. The van der Waals surface area contributed by atoms with E-state index in [1.54, 1.807) is 14.2 Å². The Bertz CT molecular complexity index is 723. The highest BCUT2D eigenvalue weighted by Gasteiger charge is 1.99. The van der Waals surface area contributed by atoms with E-state index in [0.29, 0.717) is 0 Å². The molecule has 3 nitrogen and oxygen atoms in total. The molecule has 1 N–H and O–H groups in total. The lowest BCUT2D eigenvalue weighted by Crippen LogP contribution is -1.99. The van der Waals surface area contributed by atoms with Gasteiger partial charge < -0.3 is 14.8 Å². The van der Waals surface area contributed by atoms with Crippen LogP contribution in [0.1, 0.15) is 16.7 Å². The molecule has 0 atom stereocenters. The lowest BCUT2D eigenvalue weighted by molar-refractivity contribution is 0.414. The second-order valence-corrected chi connectivity index (χ2v) is 6.25. The van der Waals surface area contributed by atoms with Gasteiger partial charge in [0, 0.05) is 12.2 Å². The zero-order valence-corrected chi connectivity index (χ0v) is 15.4. The molecular formula is C23H25NO2. The summed E-state index contributed by atoms with van der Waals surface area (Å²) < 4.78 is 10.4. The van der Waals surface area contributed by atoms with Crippen molar-refractivity contribution in [2.75, 3.05) is 19.5 Å². The van der Waals surface area contributed by atoms with Crippen molar-refractivity contribution in [2.24, 2.45) is 0 Å². The molecule has 0 amide bonds. The Labute approximate surface area is 155 Å². The van der Waals surface area contributed by atoms with Gasteiger partial charge in [-0.15, -0.1) is 0 Å². The summed E-state index contributed by atoms with van der Waals surface area (Å²) in [6.07, 6.45) is 2.08. The van der Waals surface area contributed by atoms with Gasteiger partial charge in [-0.2, -0.15) is 0 Å². The van der Waals surface area contributed by atoms with Gasteiger partial charge in [0.2, 0.25) is 0 Å². The fourth-order valence-electron chi connectivity index (χ4n) is 2.82. The van der Waals surface area contributed by atoms with Gasteiger partial charge in [-0.25, -0.2) is 0 Å². The second kappa shape index (κ2) is 8.95. The van der Waals surface area contributed by atoms with E-state index < -0.39 is 0 Å². The molecule has 0 saturated carbocycles. The molecule has 0 radical (unpaired) electrons. The maximum Gasteiger partial charge on any atom is 0.119 e. The first-order chi connectivity index (χ1) is 12.8. The van der Waals surface area contributed by atoms with Crippen molar-refractivity contribution < 1.29 is 9.47 Å². The van der Waals surface area contributed by atoms with Crippen LogP contribution in [0.2, 0.25) is 0 Å². The first-order valence-electron chi connectivity index (χ1n) is 8.85. The van der Waals surface area contributed by atoms with Crippen LogP contribution in [0.3, 0.4) is 0 Å². The van der Waals surface area contributed by atoms with Crippen LogP contribution in [0, 0.1) is 0 Å². The maximum absolute atomic E-state index is 5.20. The first kappa shape index (κ1) is 17.9. The summed E-state index contributed by atoms with van der Waals surface area (Å²) in [5, 5.41) is 3.43. The standard InChI is InChI=1S/C23H25NO2/c1-25-22-13-9-19(10-14-22)4-3-18-5-7-20(8-6-18)17-24-21-11-15-23(26-2)16-12-21/h5-16,24H,3-4,17H2,1-2H3. The smallest absolute Gasteiger partial charge is 0.119 e. The Morgan fingerprint density at radius 2 is 1.00 bits per heavy atom. The number of nitrogens with one attached hydrogen (secondary N) is 1. The molecule has 3 aromatic rings. The van der Waals surface area contributed by atoms with Crippen LogP contribution in [-0.4, -0.2) is 14.2 Å². The van der Waals surface area contributed by atoms with Gasteiger partial charge in [-0.1, -0.05) is 36.4 Å². The lowest BCUT2D eigenvalue weighted by atomic mass is 10.0. The van der Waals surface area contributed by atoms with E-state index in [0.717, 1.165) is 36.6 Å². The average Bonchev–Trinajstić information content (AvgIpc) is 2.72. The van der Waals surface area contributed by atoms with E-state index in [4.69, 9.17) is 9.47 Å².